The highest BCUT2D eigenvalue weighted by Crippen LogP contribution is 2.43. The van der Waals surface area contributed by atoms with Gasteiger partial charge in [-0.05, 0) is 13.0 Å². The van der Waals surface area contributed by atoms with Gasteiger partial charge in [-0.3, -0.25) is 10.1 Å². The van der Waals surface area contributed by atoms with Crippen LogP contribution in [0.25, 0.3) is 0 Å². The number of nitrogens with two attached hydrogens (primary N) is 1. The first kappa shape index (κ1) is 16.9. The van der Waals surface area contributed by atoms with Crippen LogP contribution in [0.1, 0.15) is 12.5 Å². The van der Waals surface area contributed by atoms with Crippen LogP contribution in [0.15, 0.2) is 23.2 Å². The number of ether oxygens (including phenoxy) is 1. The maximum atomic E-state index is 14.4. The third-order valence-corrected chi connectivity index (χ3v) is 3.42. The largest absolute Gasteiger partial charge is 0.449 e. The molecule has 23 heavy (non-hydrogen) atoms. The Morgan fingerprint density at radius 2 is 2.04 bits per heavy atom. The Morgan fingerprint density at radius 3 is 2.57 bits per heavy atom. The summed E-state index contributed by atoms with van der Waals surface area (Å²) in [4.78, 5) is 13.3. The average Bonchev–Trinajstić information content (AvgIpc) is 2.41. The van der Waals surface area contributed by atoms with Gasteiger partial charge in [-0.2, -0.15) is 13.2 Å². The van der Waals surface area contributed by atoms with E-state index in [1.165, 1.54) is 0 Å². The number of alkyl halides is 4. The minimum atomic E-state index is -5.13. The van der Waals surface area contributed by atoms with Crippen LogP contribution in [0.5, 0.6) is 0 Å². The summed E-state index contributed by atoms with van der Waals surface area (Å²) in [5.41, 5.74) is 1.37. The van der Waals surface area contributed by atoms with Gasteiger partial charge in [0.15, 0.2) is 6.17 Å². The van der Waals surface area contributed by atoms with Crippen molar-refractivity contribution in [1.29, 1.82) is 0 Å². The van der Waals surface area contributed by atoms with Gasteiger partial charge in [0, 0.05) is 17.7 Å². The van der Waals surface area contributed by atoms with Crippen LogP contribution in [0.2, 0.25) is 0 Å². The smallest absolute Gasteiger partial charge is 0.428 e. The topological polar surface area (TPSA) is 90.8 Å². The minimum Gasteiger partial charge on any atom is -0.449 e. The van der Waals surface area contributed by atoms with Crippen LogP contribution in [-0.2, 0) is 10.3 Å². The molecule has 0 saturated heterocycles. The van der Waals surface area contributed by atoms with E-state index in [9.17, 15) is 32.1 Å². The van der Waals surface area contributed by atoms with E-state index >= 15 is 0 Å². The molecule has 1 aromatic rings. The number of hydrogen-bond donors (Lipinski definition) is 1. The van der Waals surface area contributed by atoms with E-state index in [0.717, 1.165) is 13.0 Å². The molecule has 0 spiro atoms. The molecule has 6 nitrogen and oxygen atoms in total. The number of rotatable bonds is 2. The zero-order valence-corrected chi connectivity index (χ0v) is 11.5. The summed E-state index contributed by atoms with van der Waals surface area (Å²) in [6, 6.07) is 1.07. The third-order valence-electron chi connectivity index (χ3n) is 3.42. The molecule has 1 aliphatic rings. The molecule has 0 aliphatic carbocycles. The van der Waals surface area contributed by atoms with E-state index in [2.05, 4.69) is 9.73 Å². The number of amidine groups is 1. The van der Waals surface area contributed by atoms with Crippen LogP contribution in [0, 0.1) is 15.9 Å². The van der Waals surface area contributed by atoms with Gasteiger partial charge in [0.25, 0.3) is 11.7 Å². The Labute approximate surface area is 125 Å². The summed E-state index contributed by atoms with van der Waals surface area (Å²) in [6.45, 7) is 0.855. The summed E-state index contributed by atoms with van der Waals surface area (Å²) >= 11 is 0. The number of benzene rings is 1. The van der Waals surface area contributed by atoms with E-state index in [1.807, 2.05) is 0 Å². The molecule has 0 bridgehead atoms. The van der Waals surface area contributed by atoms with Crippen LogP contribution < -0.4 is 5.73 Å². The predicted molar refractivity (Wildman–Crippen MR) is 67.9 cm³/mol. The van der Waals surface area contributed by atoms with E-state index in [1.54, 1.807) is 0 Å². The Hall–Kier alpha value is -2.46. The third kappa shape index (κ3) is 2.90. The lowest BCUT2D eigenvalue weighted by atomic mass is 9.83. The second-order valence-electron chi connectivity index (χ2n) is 5.00. The summed E-state index contributed by atoms with van der Waals surface area (Å²) in [6.07, 6.45) is -11.0. The molecule has 0 unspecified atom stereocenters. The van der Waals surface area contributed by atoms with Gasteiger partial charge in [-0.25, -0.2) is 13.8 Å². The molecule has 0 radical (unpaired) electrons. The van der Waals surface area contributed by atoms with Crippen molar-refractivity contribution in [3.05, 3.63) is 39.7 Å². The van der Waals surface area contributed by atoms with Gasteiger partial charge >= 0.3 is 6.18 Å². The number of hydrogen-bond acceptors (Lipinski definition) is 5. The van der Waals surface area contributed by atoms with E-state index in [0.29, 0.717) is 12.1 Å². The molecule has 1 heterocycles. The first-order chi connectivity index (χ1) is 10.5. The average molecular weight is 339 g/mol. The molecule has 1 aliphatic heterocycles. The van der Waals surface area contributed by atoms with Crippen molar-refractivity contribution in [2.24, 2.45) is 10.7 Å². The molecule has 0 fully saturated rings. The van der Waals surface area contributed by atoms with E-state index in [4.69, 9.17) is 5.73 Å². The zero-order valence-electron chi connectivity index (χ0n) is 11.5. The summed E-state index contributed by atoms with van der Waals surface area (Å²) in [5, 5.41) is 10.7. The van der Waals surface area contributed by atoms with Crippen molar-refractivity contribution in [3.8, 4) is 0 Å². The fourth-order valence-electron chi connectivity index (χ4n) is 2.26. The first-order valence-electron chi connectivity index (χ1n) is 6.14. The fourth-order valence-corrected chi connectivity index (χ4v) is 2.26. The Bertz CT molecular complexity index is 678. The first-order valence-corrected chi connectivity index (χ1v) is 6.14. The lowest BCUT2D eigenvalue weighted by Gasteiger charge is -2.38. The summed E-state index contributed by atoms with van der Waals surface area (Å²) < 4.78 is 71.1. The second kappa shape index (κ2) is 5.32. The molecule has 0 saturated carbocycles. The van der Waals surface area contributed by atoms with Gasteiger partial charge in [-0.15, -0.1) is 0 Å². The maximum Gasteiger partial charge on any atom is 0.428 e. The molecule has 0 amide bonds. The predicted octanol–water partition coefficient (Wildman–Crippen LogP) is 2.56. The highest BCUT2D eigenvalue weighted by Gasteiger charge is 2.58. The van der Waals surface area contributed by atoms with Gasteiger partial charge in [0.05, 0.1) is 4.92 Å². The molecule has 3 atom stereocenters. The van der Waals surface area contributed by atoms with E-state index < -0.39 is 52.0 Å². The molecule has 2 N–H and O–H groups in total. The quantitative estimate of drug-likeness (QED) is 0.509. The van der Waals surface area contributed by atoms with E-state index in [-0.39, 0.29) is 0 Å². The number of non-ortho nitro benzene ring substituents is 1. The van der Waals surface area contributed by atoms with Crippen LogP contribution >= 0.6 is 0 Å². The second-order valence-corrected chi connectivity index (χ2v) is 5.00. The Morgan fingerprint density at radius 1 is 1.43 bits per heavy atom. The normalized spacial score (nSPS) is 28.0. The molecular formula is C12H10F5N3O3. The lowest BCUT2D eigenvalue weighted by molar-refractivity contribution is -0.385. The van der Waals surface area contributed by atoms with Crippen molar-refractivity contribution >= 4 is 11.7 Å². The molecule has 1 aromatic carbocycles. The number of nitrogens with zero attached hydrogens (tertiary/aromatic N) is 2. The van der Waals surface area contributed by atoms with Gasteiger partial charge in [-0.1, -0.05) is 0 Å². The zero-order chi connectivity index (χ0) is 17.6. The van der Waals surface area contributed by atoms with Gasteiger partial charge in [0.2, 0.25) is 6.10 Å². The molecule has 2 rings (SSSR count). The van der Waals surface area contributed by atoms with Crippen molar-refractivity contribution in [3.63, 3.8) is 0 Å². The van der Waals surface area contributed by atoms with Crippen LogP contribution in [0.4, 0.5) is 27.6 Å². The minimum absolute atomic E-state index is 0.622. The number of aliphatic imine (C=N–C) groups is 1. The lowest BCUT2D eigenvalue weighted by Crippen LogP contribution is -2.55. The fraction of sp³-hybridized carbons (Fsp3) is 0.417. The number of halogens is 5. The van der Waals surface area contributed by atoms with Gasteiger partial charge in [0.1, 0.15) is 11.4 Å². The molecule has 11 heteroatoms. The molecule has 0 aromatic heterocycles. The SMILES string of the molecule is C[C@]1(c2cc([N+](=O)[O-])ccc2F)N=C(N)O[C@@H](C(F)(F)F)[C@@H]1F. The van der Waals surface area contributed by atoms with Crippen molar-refractivity contribution in [2.45, 2.75) is 30.9 Å². The molecule has 126 valence electrons. The summed E-state index contributed by atoms with van der Waals surface area (Å²) in [5.74, 6) is -1.15. The number of nitro groups is 1. The van der Waals surface area contributed by atoms with Crippen molar-refractivity contribution < 1.29 is 31.6 Å². The van der Waals surface area contributed by atoms with Crippen LogP contribution in [-0.4, -0.2) is 29.4 Å². The standard InChI is InChI=1S/C12H10F5N3O3/c1-11(6-4-5(20(21)22)2-3-7(6)13)8(14)9(12(15,16)17)23-10(18)19-11/h2-4,8-9H,1H3,(H2,18,19)/t8-,9+,11+/m0/s1. The van der Waals surface area contributed by atoms with Crippen molar-refractivity contribution in [2.75, 3.05) is 0 Å². The molecular weight excluding hydrogens is 329 g/mol. The highest BCUT2D eigenvalue weighted by atomic mass is 19.4. The Kier molecular flexibility index (Phi) is 3.91. The Balaban J connectivity index is 2.62. The monoisotopic (exact) mass is 339 g/mol. The van der Waals surface area contributed by atoms with Crippen molar-refractivity contribution in [1.82, 2.24) is 0 Å². The summed E-state index contributed by atoms with van der Waals surface area (Å²) in [7, 11) is 0. The number of nitro benzene ring substituents is 1. The van der Waals surface area contributed by atoms with Crippen LogP contribution in [0.3, 0.4) is 0 Å². The maximum absolute atomic E-state index is 14.4. The highest BCUT2D eigenvalue weighted by molar-refractivity contribution is 5.73. The van der Waals surface area contributed by atoms with Gasteiger partial charge < -0.3 is 10.5 Å².